The number of likely N-dealkylation sites (N-methyl/N-ethyl adjacent to an activating group) is 1. The third kappa shape index (κ3) is 6.03. The Hall–Kier alpha value is -3.32. The molecule has 0 aliphatic carbocycles. The van der Waals surface area contributed by atoms with Crippen LogP contribution in [0.1, 0.15) is 49.4 Å². The summed E-state index contributed by atoms with van der Waals surface area (Å²) < 4.78 is 11.4. The van der Waals surface area contributed by atoms with Gasteiger partial charge < -0.3 is 24.4 Å². The van der Waals surface area contributed by atoms with Gasteiger partial charge in [0.2, 0.25) is 0 Å². The van der Waals surface area contributed by atoms with Crippen molar-refractivity contribution in [2.24, 2.45) is 0 Å². The van der Waals surface area contributed by atoms with Crippen LogP contribution >= 0.6 is 0 Å². The summed E-state index contributed by atoms with van der Waals surface area (Å²) >= 11 is 0. The Morgan fingerprint density at radius 3 is 2.26 bits per heavy atom. The predicted octanol–water partition coefficient (Wildman–Crippen LogP) is 4.56. The van der Waals surface area contributed by atoms with Crippen molar-refractivity contribution in [1.82, 2.24) is 9.80 Å². The van der Waals surface area contributed by atoms with Crippen LogP contribution in [-0.4, -0.2) is 67.0 Å². The minimum absolute atomic E-state index is 0.0950. The molecule has 1 aliphatic rings. The predicted molar refractivity (Wildman–Crippen MR) is 137 cm³/mol. The molecule has 0 spiro atoms. The topological polar surface area (TPSA) is 79.3 Å². The lowest BCUT2D eigenvalue weighted by Gasteiger charge is -2.26. The van der Waals surface area contributed by atoms with Crippen molar-refractivity contribution in [1.29, 1.82) is 0 Å². The first-order chi connectivity index (χ1) is 16.8. The lowest BCUT2D eigenvalue weighted by molar-refractivity contribution is -0.140. The number of likely N-dealkylation sites (tertiary alicyclic amines) is 1. The van der Waals surface area contributed by atoms with Crippen LogP contribution in [0.5, 0.6) is 11.5 Å². The molecule has 1 aliphatic heterocycles. The van der Waals surface area contributed by atoms with E-state index in [9.17, 15) is 14.7 Å². The van der Waals surface area contributed by atoms with Crippen LogP contribution < -0.4 is 9.47 Å². The lowest BCUT2D eigenvalue weighted by atomic mass is 9.94. The van der Waals surface area contributed by atoms with E-state index in [-0.39, 0.29) is 11.3 Å². The van der Waals surface area contributed by atoms with Gasteiger partial charge in [-0.15, -0.1) is 0 Å². The Labute approximate surface area is 207 Å². The number of hydrogen-bond acceptors (Lipinski definition) is 6. The fourth-order valence-electron chi connectivity index (χ4n) is 4.06. The van der Waals surface area contributed by atoms with Crippen molar-refractivity contribution in [3.05, 3.63) is 64.7 Å². The maximum absolute atomic E-state index is 13.2. The summed E-state index contributed by atoms with van der Waals surface area (Å²) in [5.41, 5.74) is 2.16. The van der Waals surface area contributed by atoms with Gasteiger partial charge in [0.15, 0.2) is 0 Å². The molecule has 0 radical (unpaired) electrons. The van der Waals surface area contributed by atoms with E-state index in [0.717, 1.165) is 35.5 Å². The fraction of sp³-hybridized carbons (Fsp3) is 0.429. The zero-order valence-electron chi connectivity index (χ0n) is 21.3. The molecule has 1 unspecified atom stereocenters. The van der Waals surface area contributed by atoms with Crippen molar-refractivity contribution < 1.29 is 24.2 Å². The lowest BCUT2D eigenvalue weighted by Crippen LogP contribution is -2.35. The first kappa shape index (κ1) is 26.3. The summed E-state index contributed by atoms with van der Waals surface area (Å²) in [6.45, 7) is 8.12. The summed E-state index contributed by atoms with van der Waals surface area (Å²) in [6.07, 6.45) is 1.79. The molecule has 0 bridgehead atoms. The standard InChI is InChI=1S/C28H36N2O5/c1-6-16-34-22-11-8-20(9-12-22)25-24(27(32)28(33)30(25)15-14-29(4)5)26(31)21-10-13-23(19(3)18-21)35-17-7-2/h8-13,18,25,31H,6-7,14-17H2,1-5H3/b26-24+. The summed E-state index contributed by atoms with van der Waals surface area (Å²) in [5.74, 6) is -0.0174. The highest BCUT2D eigenvalue weighted by Crippen LogP contribution is 2.40. The molecule has 1 fully saturated rings. The number of nitrogens with zero attached hydrogens (tertiary/aromatic N) is 2. The first-order valence-electron chi connectivity index (χ1n) is 12.2. The van der Waals surface area contributed by atoms with E-state index in [4.69, 9.17) is 9.47 Å². The van der Waals surface area contributed by atoms with E-state index in [1.165, 1.54) is 0 Å². The van der Waals surface area contributed by atoms with E-state index < -0.39 is 17.7 Å². The number of amides is 1. The molecule has 3 rings (SSSR count). The van der Waals surface area contributed by atoms with Crippen LogP contribution in [0.15, 0.2) is 48.0 Å². The van der Waals surface area contributed by atoms with Crippen LogP contribution in [0.3, 0.4) is 0 Å². The van der Waals surface area contributed by atoms with Gasteiger partial charge in [0, 0.05) is 18.7 Å². The van der Waals surface area contributed by atoms with Gasteiger partial charge in [-0.3, -0.25) is 9.59 Å². The number of Topliss-reactive ketones (excluding diaryl/α,β-unsaturated/α-hetero) is 1. The zero-order valence-corrected chi connectivity index (χ0v) is 21.3. The van der Waals surface area contributed by atoms with Gasteiger partial charge in [-0.25, -0.2) is 0 Å². The van der Waals surface area contributed by atoms with E-state index >= 15 is 0 Å². The number of ketones is 1. The van der Waals surface area contributed by atoms with Gasteiger partial charge in [0.1, 0.15) is 17.3 Å². The second-order valence-corrected chi connectivity index (χ2v) is 9.04. The van der Waals surface area contributed by atoms with Crippen molar-refractivity contribution in [2.45, 2.75) is 39.7 Å². The summed E-state index contributed by atoms with van der Waals surface area (Å²) in [5, 5.41) is 11.3. The normalized spacial score (nSPS) is 17.3. The van der Waals surface area contributed by atoms with Crippen LogP contribution in [0.25, 0.3) is 5.76 Å². The number of aliphatic hydroxyl groups is 1. The quantitative estimate of drug-likeness (QED) is 0.289. The molecule has 0 saturated carbocycles. The largest absolute Gasteiger partial charge is 0.507 e. The first-order valence-corrected chi connectivity index (χ1v) is 12.2. The number of aliphatic hydroxyl groups excluding tert-OH is 1. The molecular formula is C28H36N2O5. The fourth-order valence-corrected chi connectivity index (χ4v) is 4.06. The minimum atomic E-state index is -0.688. The number of carbonyl (C=O) groups excluding carboxylic acids is 2. The minimum Gasteiger partial charge on any atom is -0.507 e. The summed E-state index contributed by atoms with van der Waals surface area (Å²) in [7, 11) is 3.83. The van der Waals surface area contributed by atoms with E-state index in [1.54, 1.807) is 23.1 Å². The van der Waals surface area contributed by atoms with Crippen molar-refractivity contribution in [2.75, 3.05) is 40.4 Å². The Morgan fingerprint density at radius 1 is 1.00 bits per heavy atom. The number of rotatable bonds is 11. The van der Waals surface area contributed by atoms with Crippen molar-refractivity contribution >= 4 is 17.4 Å². The van der Waals surface area contributed by atoms with Crippen molar-refractivity contribution in [3.63, 3.8) is 0 Å². The Balaban J connectivity index is 2.05. The second kappa shape index (κ2) is 11.9. The Morgan fingerprint density at radius 2 is 1.66 bits per heavy atom. The van der Waals surface area contributed by atoms with E-state index in [1.807, 2.05) is 64.0 Å². The third-order valence-corrected chi connectivity index (χ3v) is 5.91. The van der Waals surface area contributed by atoms with Gasteiger partial charge >= 0.3 is 0 Å². The number of ether oxygens (including phenoxy) is 2. The molecule has 7 nitrogen and oxygen atoms in total. The molecule has 1 saturated heterocycles. The number of hydrogen-bond donors (Lipinski definition) is 1. The Kier molecular flexibility index (Phi) is 8.93. The molecule has 1 atom stereocenters. The molecule has 2 aromatic carbocycles. The molecule has 35 heavy (non-hydrogen) atoms. The highest BCUT2D eigenvalue weighted by molar-refractivity contribution is 6.46. The summed E-state index contributed by atoms with van der Waals surface area (Å²) in [4.78, 5) is 29.7. The van der Waals surface area contributed by atoms with Crippen LogP contribution in [0, 0.1) is 6.92 Å². The molecule has 1 heterocycles. The number of benzene rings is 2. The Bertz CT molecular complexity index is 1080. The molecule has 1 amide bonds. The van der Waals surface area contributed by atoms with Crippen molar-refractivity contribution in [3.8, 4) is 11.5 Å². The van der Waals surface area contributed by atoms with Crippen LogP contribution in [0.2, 0.25) is 0 Å². The molecule has 1 N–H and O–H groups in total. The van der Waals surface area contributed by atoms with E-state index in [0.29, 0.717) is 31.9 Å². The van der Waals surface area contributed by atoms with Gasteiger partial charge in [-0.2, -0.15) is 0 Å². The van der Waals surface area contributed by atoms with E-state index in [2.05, 4.69) is 0 Å². The van der Waals surface area contributed by atoms with Gasteiger partial charge in [-0.05, 0) is 75.3 Å². The average Bonchev–Trinajstić information content (AvgIpc) is 3.10. The summed E-state index contributed by atoms with van der Waals surface area (Å²) in [6, 6.07) is 12.0. The molecule has 2 aromatic rings. The molecule has 7 heteroatoms. The van der Waals surface area contributed by atoms with Gasteiger partial charge in [-0.1, -0.05) is 26.0 Å². The average molecular weight is 481 g/mol. The smallest absolute Gasteiger partial charge is 0.295 e. The number of aryl methyl sites for hydroxylation is 1. The number of carbonyl (C=O) groups is 2. The second-order valence-electron chi connectivity index (χ2n) is 9.04. The SMILES string of the molecule is CCCOc1ccc(C2/C(=C(\O)c3ccc(OCCC)c(C)c3)C(=O)C(=O)N2CCN(C)C)cc1. The molecular weight excluding hydrogens is 444 g/mol. The van der Waals surface area contributed by atoms with Crippen LogP contribution in [-0.2, 0) is 9.59 Å². The van der Waals surface area contributed by atoms with Gasteiger partial charge in [0.25, 0.3) is 11.7 Å². The maximum Gasteiger partial charge on any atom is 0.295 e. The van der Waals surface area contributed by atoms with Gasteiger partial charge in [0.05, 0.1) is 24.8 Å². The molecule has 0 aromatic heterocycles. The maximum atomic E-state index is 13.2. The highest BCUT2D eigenvalue weighted by atomic mass is 16.5. The zero-order chi connectivity index (χ0) is 25.5. The highest BCUT2D eigenvalue weighted by Gasteiger charge is 2.45. The monoisotopic (exact) mass is 480 g/mol. The molecule has 188 valence electrons. The van der Waals surface area contributed by atoms with Crippen LogP contribution in [0.4, 0.5) is 0 Å². The third-order valence-electron chi connectivity index (χ3n) is 5.91.